The van der Waals surface area contributed by atoms with Crippen molar-refractivity contribution in [1.29, 1.82) is 0 Å². The first-order valence-electron chi connectivity index (χ1n) is 8.04. The zero-order valence-electron chi connectivity index (χ0n) is 14.0. The average molecular weight is 369 g/mol. The van der Waals surface area contributed by atoms with Gasteiger partial charge in [-0.2, -0.15) is 0 Å². The molecule has 1 saturated carbocycles. The summed E-state index contributed by atoms with van der Waals surface area (Å²) in [5.74, 6) is -1.35. The van der Waals surface area contributed by atoms with E-state index in [0.29, 0.717) is 17.7 Å². The molecule has 1 aromatic rings. The lowest BCUT2D eigenvalue weighted by molar-refractivity contribution is -0.139. The average Bonchev–Trinajstić information content (AvgIpc) is 2.47. The van der Waals surface area contributed by atoms with Crippen molar-refractivity contribution in [3.63, 3.8) is 0 Å². The number of primary sulfonamides is 1. The van der Waals surface area contributed by atoms with Crippen molar-refractivity contribution in [3.05, 3.63) is 35.4 Å². The van der Waals surface area contributed by atoms with E-state index >= 15 is 0 Å². The Balaban J connectivity index is 1.84. The molecule has 0 bridgehead atoms. The monoisotopic (exact) mass is 369 g/mol. The number of sulfonamides is 1. The van der Waals surface area contributed by atoms with Gasteiger partial charge in [0.2, 0.25) is 10.0 Å². The van der Waals surface area contributed by atoms with Gasteiger partial charge in [0.25, 0.3) is 5.91 Å². The Hall–Kier alpha value is -1.97. The van der Waals surface area contributed by atoms with Gasteiger partial charge in [0.15, 0.2) is 0 Å². The largest absolute Gasteiger partial charge is 0.480 e. The SMILES string of the molecule is CCN(CC(=O)O)C1CC(NC(=O)c2ccc(CS(N)(=O)=O)cc2)C1. The van der Waals surface area contributed by atoms with E-state index in [1.54, 1.807) is 24.3 Å². The van der Waals surface area contributed by atoms with E-state index in [0.717, 1.165) is 12.8 Å². The number of nitrogens with two attached hydrogens (primary N) is 1. The van der Waals surface area contributed by atoms with Crippen LogP contribution in [0, 0.1) is 0 Å². The zero-order chi connectivity index (χ0) is 18.6. The number of amides is 1. The number of carboxylic acids is 1. The molecule has 0 atom stereocenters. The van der Waals surface area contributed by atoms with Crippen LogP contribution in [-0.2, 0) is 20.6 Å². The third-order valence-electron chi connectivity index (χ3n) is 4.29. The molecule has 25 heavy (non-hydrogen) atoms. The van der Waals surface area contributed by atoms with Crippen molar-refractivity contribution in [1.82, 2.24) is 10.2 Å². The third kappa shape index (κ3) is 5.80. The molecule has 138 valence electrons. The van der Waals surface area contributed by atoms with Crippen LogP contribution >= 0.6 is 0 Å². The van der Waals surface area contributed by atoms with Gasteiger partial charge in [-0.1, -0.05) is 19.1 Å². The highest BCUT2D eigenvalue weighted by Gasteiger charge is 2.34. The number of likely N-dealkylation sites (N-methyl/N-ethyl adjacent to an activating group) is 1. The molecule has 1 fully saturated rings. The van der Waals surface area contributed by atoms with Gasteiger partial charge in [-0.05, 0) is 37.1 Å². The van der Waals surface area contributed by atoms with Crippen molar-refractivity contribution in [2.75, 3.05) is 13.1 Å². The Bertz CT molecular complexity index is 727. The van der Waals surface area contributed by atoms with E-state index in [1.165, 1.54) is 0 Å². The number of aliphatic carboxylic acids is 1. The van der Waals surface area contributed by atoms with Crippen LogP contribution < -0.4 is 10.5 Å². The lowest BCUT2D eigenvalue weighted by Gasteiger charge is -2.42. The lowest BCUT2D eigenvalue weighted by Crippen LogP contribution is -2.54. The molecule has 0 aliphatic heterocycles. The second kappa shape index (κ2) is 7.94. The molecule has 9 heteroatoms. The predicted octanol–water partition coefficient (Wildman–Crippen LogP) is 0.142. The van der Waals surface area contributed by atoms with Gasteiger partial charge >= 0.3 is 5.97 Å². The molecule has 0 saturated heterocycles. The summed E-state index contributed by atoms with van der Waals surface area (Å²) in [4.78, 5) is 24.9. The summed E-state index contributed by atoms with van der Waals surface area (Å²) in [7, 11) is -3.60. The van der Waals surface area contributed by atoms with Crippen LogP contribution in [0.15, 0.2) is 24.3 Å². The molecule has 0 spiro atoms. The summed E-state index contributed by atoms with van der Waals surface area (Å²) in [6, 6.07) is 6.44. The van der Waals surface area contributed by atoms with Crippen LogP contribution in [0.5, 0.6) is 0 Å². The minimum atomic E-state index is -3.60. The normalized spacial score (nSPS) is 20.1. The predicted molar refractivity (Wildman–Crippen MR) is 92.4 cm³/mol. The van der Waals surface area contributed by atoms with Gasteiger partial charge in [-0.15, -0.1) is 0 Å². The van der Waals surface area contributed by atoms with Gasteiger partial charge in [0.05, 0.1) is 12.3 Å². The first-order valence-corrected chi connectivity index (χ1v) is 9.75. The van der Waals surface area contributed by atoms with Crippen LogP contribution in [0.4, 0.5) is 0 Å². The third-order valence-corrected chi connectivity index (χ3v) is 5.03. The lowest BCUT2D eigenvalue weighted by atomic mass is 9.85. The highest BCUT2D eigenvalue weighted by atomic mass is 32.2. The fourth-order valence-corrected chi connectivity index (χ4v) is 3.59. The number of rotatable bonds is 8. The standard InChI is InChI=1S/C16H23N3O5S/c1-2-19(9-15(20)21)14-7-13(8-14)18-16(22)12-5-3-11(4-6-12)10-25(17,23)24/h3-6,13-14H,2,7-10H2,1H3,(H,18,22)(H,20,21)(H2,17,23,24). The summed E-state index contributed by atoms with van der Waals surface area (Å²) >= 11 is 0. The van der Waals surface area contributed by atoms with Crippen molar-refractivity contribution < 1.29 is 23.1 Å². The first kappa shape index (κ1) is 19.4. The molecule has 0 heterocycles. The van der Waals surface area contributed by atoms with E-state index in [9.17, 15) is 18.0 Å². The Morgan fingerprint density at radius 2 is 1.88 bits per heavy atom. The van der Waals surface area contributed by atoms with Crippen LogP contribution in [-0.4, -0.2) is 55.5 Å². The molecule has 1 aromatic carbocycles. The Morgan fingerprint density at radius 1 is 1.28 bits per heavy atom. The van der Waals surface area contributed by atoms with Gasteiger partial charge in [-0.3, -0.25) is 14.5 Å². The Kier molecular flexibility index (Phi) is 6.15. The number of carbonyl (C=O) groups excluding carboxylic acids is 1. The summed E-state index contributed by atoms with van der Waals surface area (Å²) in [6.07, 6.45) is 1.44. The maximum absolute atomic E-state index is 12.2. The van der Waals surface area contributed by atoms with E-state index in [-0.39, 0.29) is 30.3 Å². The molecule has 0 radical (unpaired) electrons. The van der Waals surface area contributed by atoms with Crippen LogP contribution in [0.2, 0.25) is 0 Å². The summed E-state index contributed by atoms with van der Waals surface area (Å²) < 4.78 is 22.1. The Morgan fingerprint density at radius 3 is 2.36 bits per heavy atom. The van der Waals surface area contributed by atoms with Crippen LogP contribution in [0.1, 0.15) is 35.7 Å². The second-order valence-electron chi connectivity index (χ2n) is 6.26. The molecule has 1 amide bonds. The van der Waals surface area contributed by atoms with E-state index < -0.39 is 16.0 Å². The number of nitrogens with one attached hydrogen (secondary N) is 1. The smallest absolute Gasteiger partial charge is 0.317 e. The number of hydrogen-bond acceptors (Lipinski definition) is 5. The molecule has 8 nitrogen and oxygen atoms in total. The molecule has 0 unspecified atom stereocenters. The molecule has 2 rings (SSSR count). The maximum atomic E-state index is 12.2. The highest BCUT2D eigenvalue weighted by molar-refractivity contribution is 7.88. The van der Waals surface area contributed by atoms with Crippen molar-refractivity contribution in [3.8, 4) is 0 Å². The summed E-state index contributed by atoms with van der Waals surface area (Å²) in [5.41, 5.74) is 0.967. The topological polar surface area (TPSA) is 130 Å². The first-order chi connectivity index (χ1) is 11.7. The molecule has 1 aliphatic rings. The highest BCUT2D eigenvalue weighted by Crippen LogP contribution is 2.25. The van der Waals surface area contributed by atoms with Crippen molar-refractivity contribution in [2.24, 2.45) is 5.14 Å². The fraction of sp³-hybridized carbons (Fsp3) is 0.500. The maximum Gasteiger partial charge on any atom is 0.317 e. The summed E-state index contributed by atoms with van der Waals surface area (Å²) in [5, 5.41) is 16.8. The van der Waals surface area contributed by atoms with Crippen LogP contribution in [0.25, 0.3) is 0 Å². The van der Waals surface area contributed by atoms with E-state index in [4.69, 9.17) is 10.2 Å². The quantitative estimate of drug-likeness (QED) is 0.598. The van der Waals surface area contributed by atoms with Gasteiger partial charge in [-0.25, -0.2) is 13.6 Å². The van der Waals surface area contributed by atoms with E-state index in [2.05, 4.69) is 5.32 Å². The van der Waals surface area contributed by atoms with Gasteiger partial charge in [0.1, 0.15) is 0 Å². The summed E-state index contributed by atoms with van der Waals surface area (Å²) in [6.45, 7) is 2.58. The fourth-order valence-electron chi connectivity index (χ4n) is 2.93. The van der Waals surface area contributed by atoms with E-state index in [1.807, 2.05) is 11.8 Å². The Labute approximate surface area is 147 Å². The second-order valence-corrected chi connectivity index (χ2v) is 7.87. The molecule has 0 aromatic heterocycles. The number of carbonyl (C=O) groups is 2. The van der Waals surface area contributed by atoms with Crippen molar-refractivity contribution in [2.45, 2.75) is 37.6 Å². The molecule has 4 N–H and O–H groups in total. The van der Waals surface area contributed by atoms with Gasteiger partial charge in [0, 0.05) is 17.6 Å². The number of nitrogens with zero attached hydrogens (tertiary/aromatic N) is 1. The van der Waals surface area contributed by atoms with Gasteiger partial charge < -0.3 is 10.4 Å². The molecular weight excluding hydrogens is 346 g/mol. The van der Waals surface area contributed by atoms with Crippen LogP contribution in [0.3, 0.4) is 0 Å². The molecule has 1 aliphatic carbocycles. The number of carboxylic acid groups (broad SMARTS) is 1. The molecular formula is C16H23N3O5S. The number of benzene rings is 1. The number of hydrogen-bond donors (Lipinski definition) is 3. The minimum Gasteiger partial charge on any atom is -0.480 e. The van der Waals surface area contributed by atoms with Crippen molar-refractivity contribution >= 4 is 21.9 Å². The zero-order valence-corrected chi connectivity index (χ0v) is 14.8. The minimum absolute atomic E-state index is 0.00729.